The Morgan fingerprint density at radius 1 is 0.944 bits per heavy atom. The van der Waals surface area contributed by atoms with Crippen LogP contribution in [0.3, 0.4) is 0 Å². The molecule has 0 radical (unpaired) electrons. The predicted molar refractivity (Wildman–Crippen MR) is 138 cm³/mol. The van der Waals surface area contributed by atoms with E-state index in [1.807, 2.05) is 12.1 Å². The highest BCUT2D eigenvalue weighted by molar-refractivity contribution is 7.97. The molecular formula is C27H34F3N3O2S. The molecule has 3 rings (SSSR count). The Hall–Kier alpha value is -2.52. The van der Waals surface area contributed by atoms with Crippen molar-refractivity contribution < 1.29 is 22.8 Å². The van der Waals surface area contributed by atoms with Gasteiger partial charge in [-0.2, -0.15) is 13.2 Å². The van der Waals surface area contributed by atoms with Gasteiger partial charge in [0, 0.05) is 21.7 Å². The second-order valence-electron chi connectivity index (χ2n) is 10.3. The Kier molecular flexibility index (Phi) is 9.47. The molecule has 1 fully saturated rings. The molecule has 2 aromatic rings. The average Bonchev–Trinajstić information content (AvgIpc) is 2.83. The fourth-order valence-electron chi connectivity index (χ4n) is 4.09. The standard InChI is InChI=1S/C27H34F3N3O2S/c1-26(2,3)33-36-22-15-13-21(14-16-22)31-25(35)23(17-18-7-5-4-6-8-18)32-24(34)19-9-11-20(12-10-19)27(28,29)30/h9-16,18,23,33H,4-8,17H2,1-3H3,(H,31,35)(H,32,34). The van der Waals surface area contributed by atoms with Crippen molar-refractivity contribution in [3.63, 3.8) is 0 Å². The Morgan fingerprint density at radius 3 is 2.11 bits per heavy atom. The summed E-state index contributed by atoms with van der Waals surface area (Å²) in [6.45, 7) is 6.21. The van der Waals surface area contributed by atoms with Crippen LogP contribution in [0.4, 0.5) is 18.9 Å². The lowest BCUT2D eigenvalue weighted by atomic mass is 9.84. The summed E-state index contributed by atoms with van der Waals surface area (Å²) in [7, 11) is 0. The van der Waals surface area contributed by atoms with Crippen LogP contribution in [0.1, 0.15) is 75.2 Å². The fourth-order valence-corrected chi connectivity index (χ4v) is 4.78. The normalized spacial score (nSPS) is 15.8. The number of rotatable bonds is 8. The van der Waals surface area contributed by atoms with Crippen molar-refractivity contribution in [1.29, 1.82) is 0 Å². The summed E-state index contributed by atoms with van der Waals surface area (Å²) in [4.78, 5) is 27.0. The van der Waals surface area contributed by atoms with E-state index in [9.17, 15) is 22.8 Å². The maximum atomic E-state index is 13.2. The first-order valence-corrected chi connectivity index (χ1v) is 13.1. The molecule has 0 saturated heterocycles. The molecule has 2 amide bonds. The van der Waals surface area contributed by atoms with Gasteiger partial charge in [0.15, 0.2) is 0 Å². The number of alkyl halides is 3. The van der Waals surface area contributed by atoms with E-state index in [-0.39, 0.29) is 17.0 Å². The number of carbonyl (C=O) groups is 2. The lowest BCUT2D eigenvalue weighted by Gasteiger charge is -2.26. The summed E-state index contributed by atoms with van der Waals surface area (Å²) < 4.78 is 41.9. The molecule has 0 aromatic heterocycles. The quantitative estimate of drug-likeness (QED) is 0.334. The number of nitrogens with one attached hydrogen (secondary N) is 3. The first-order chi connectivity index (χ1) is 16.9. The second-order valence-corrected chi connectivity index (χ2v) is 11.2. The highest BCUT2D eigenvalue weighted by Crippen LogP contribution is 2.30. The van der Waals surface area contributed by atoms with Crippen molar-refractivity contribution in [3.05, 3.63) is 59.7 Å². The summed E-state index contributed by atoms with van der Waals surface area (Å²) in [5.74, 6) is -0.599. The zero-order valence-corrected chi connectivity index (χ0v) is 21.7. The molecule has 1 atom stereocenters. The van der Waals surface area contributed by atoms with Crippen LogP contribution >= 0.6 is 11.9 Å². The van der Waals surface area contributed by atoms with E-state index in [1.165, 1.54) is 18.4 Å². The monoisotopic (exact) mass is 521 g/mol. The van der Waals surface area contributed by atoms with E-state index in [1.54, 1.807) is 12.1 Å². The minimum absolute atomic E-state index is 0.0465. The molecule has 1 unspecified atom stereocenters. The molecule has 1 aliphatic rings. The van der Waals surface area contributed by atoms with Crippen LogP contribution in [-0.2, 0) is 11.0 Å². The van der Waals surface area contributed by atoms with Gasteiger partial charge in [-0.3, -0.25) is 14.3 Å². The first kappa shape index (κ1) is 28.1. The van der Waals surface area contributed by atoms with Gasteiger partial charge in [-0.1, -0.05) is 32.1 Å². The van der Waals surface area contributed by atoms with Gasteiger partial charge >= 0.3 is 6.18 Å². The minimum atomic E-state index is -4.48. The lowest BCUT2D eigenvalue weighted by molar-refractivity contribution is -0.137. The van der Waals surface area contributed by atoms with Crippen molar-refractivity contribution in [2.75, 3.05) is 5.32 Å². The molecule has 9 heteroatoms. The molecule has 5 nitrogen and oxygen atoms in total. The Bertz CT molecular complexity index is 1010. The number of hydrogen-bond donors (Lipinski definition) is 3. The van der Waals surface area contributed by atoms with E-state index in [0.29, 0.717) is 18.0 Å². The Labute approximate surface area is 215 Å². The minimum Gasteiger partial charge on any atom is -0.340 e. The average molecular weight is 522 g/mol. The van der Waals surface area contributed by atoms with Gasteiger partial charge < -0.3 is 10.6 Å². The fraction of sp³-hybridized carbons (Fsp3) is 0.481. The number of amides is 2. The van der Waals surface area contributed by atoms with Crippen LogP contribution in [-0.4, -0.2) is 23.4 Å². The Balaban J connectivity index is 1.68. The van der Waals surface area contributed by atoms with Crippen molar-refractivity contribution in [2.24, 2.45) is 5.92 Å². The van der Waals surface area contributed by atoms with E-state index < -0.39 is 23.7 Å². The third-order valence-corrected chi connectivity index (χ3v) is 7.21. The van der Waals surface area contributed by atoms with Crippen molar-refractivity contribution >= 4 is 29.4 Å². The highest BCUT2D eigenvalue weighted by Gasteiger charge is 2.31. The van der Waals surface area contributed by atoms with Gasteiger partial charge in [-0.15, -0.1) is 0 Å². The van der Waals surface area contributed by atoms with E-state index in [2.05, 4.69) is 36.1 Å². The van der Waals surface area contributed by atoms with Gasteiger partial charge in [0.25, 0.3) is 5.91 Å². The smallest absolute Gasteiger partial charge is 0.340 e. The highest BCUT2D eigenvalue weighted by atomic mass is 32.2. The number of benzene rings is 2. The van der Waals surface area contributed by atoms with Crippen LogP contribution in [0, 0.1) is 5.92 Å². The number of hydrogen-bond acceptors (Lipinski definition) is 4. The van der Waals surface area contributed by atoms with Crippen LogP contribution in [0.25, 0.3) is 0 Å². The molecule has 0 bridgehead atoms. The van der Waals surface area contributed by atoms with Crippen molar-refractivity contribution in [3.8, 4) is 0 Å². The summed E-state index contributed by atoms with van der Waals surface area (Å²) in [5.41, 5.74) is -0.181. The van der Waals surface area contributed by atoms with Crippen LogP contribution in [0.2, 0.25) is 0 Å². The van der Waals surface area contributed by atoms with Crippen LogP contribution in [0.5, 0.6) is 0 Å². The maximum Gasteiger partial charge on any atom is 0.416 e. The third-order valence-electron chi connectivity index (χ3n) is 5.99. The van der Waals surface area contributed by atoms with Gasteiger partial charge in [-0.05, 0) is 93.6 Å². The summed E-state index contributed by atoms with van der Waals surface area (Å²) >= 11 is 1.50. The zero-order chi connectivity index (χ0) is 26.3. The molecule has 1 aliphatic carbocycles. The molecule has 36 heavy (non-hydrogen) atoms. The van der Waals surface area contributed by atoms with Gasteiger partial charge in [-0.25, -0.2) is 0 Å². The molecule has 0 aliphatic heterocycles. The van der Waals surface area contributed by atoms with Crippen molar-refractivity contribution in [2.45, 2.75) is 81.9 Å². The summed E-state index contributed by atoms with van der Waals surface area (Å²) in [6, 6.07) is 10.6. The molecule has 196 valence electrons. The number of halogens is 3. The SMILES string of the molecule is CC(C)(C)NSc1ccc(NC(=O)C(CC2CCCCC2)NC(=O)c2ccc(C(F)(F)F)cc2)cc1. The molecule has 1 saturated carbocycles. The number of anilines is 1. The maximum absolute atomic E-state index is 13.2. The second kappa shape index (κ2) is 12.1. The van der Waals surface area contributed by atoms with Crippen LogP contribution < -0.4 is 15.4 Å². The lowest BCUT2D eigenvalue weighted by Crippen LogP contribution is -2.45. The van der Waals surface area contributed by atoms with Gasteiger partial charge in [0.2, 0.25) is 5.91 Å². The first-order valence-electron chi connectivity index (χ1n) is 12.2. The van der Waals surface area contributed by atoms with Gasteiger partial charge in [0.05, 0.1) is 5.56 Å². The molecule has 0 spiro atoms. The summed E-state index contributed by atoms with van der Waals surface area (Å²) in [5, 5.41) is 5.65. The summed E-state index contributed by atoms with van der Waals surface area (Å²) in [6.07, 6.45) is 1.34. The van der Waals surface area contributed by atoms with E-state index >= 15 is 0 Å². The molecule has 2 aromatic carbocycles. The van der Waals surface area contributed by atoms with Gasteiger partial charge in [0.1, 0.15) is 6.04 Å². The largest absolute Gasteiger partial charge is 0.416 e. The molecule has 0 heterocycles. The van der Waals surface area contributed by atoms with Crippen molar-refractivity contribution in [1.82, 2.24) is 10.0 Å². The van der Waals surface area contributed by atoms with E-state index in [4.69, 9.17) is 0 Å². The van der Waals surface area contributed by atoms with Crippen LogP contribution in [0.15, 0.2) is 53.4 Å². The Morgan fingerprint density at radius 2 is 1.56 bits per heavy atom. The number of carbonyl (C=O) groups excluding carboxylic acids is 2. The topological polar surface area (TPSA) is 70.2 Å². The van der Waals surface area contributed by atoms with E-state index in [0.717, 1.165) is 54.8 Å². The zero-order valence-electron chi connectivity index (χ0n) is 20.9. The molecule has 3 N–H and O–H groups in total. The predicted octanol–water partition coefficient (Wildman–Crippen LogP) is 6.81. The molecular weight excluding hydrogens is 487 g/mol. The third kappa shape index (κ3) is 8.85.